The molecule has 2 unspecified atom stereocenters. The lowest BCUT2D eigenvalue weighted by Crippen LogP contribution is -2.48. The molecule has 2 aliphatic rings. The third-order valence-corrected chi connectivity index (χ3v) is 4.27. The van der Waals surface area contributed by atoms with Crippen LogP contribution in [-0.4, -0.2) is 49.1 Å². The summed E-state index contributed by atoms with van der Waals surface area (Å²) in [5, 5.41) is 6.49. The van der Waals surface area contributed by atoms with Crippen LogP contribution in [0.2, 0.25) is 0 Å². The summed E-state index contributed by atoms with van der Waals surface area (Å²) in [7, 11) is 0. The molecule has 18 heavy (non-hydrogen) atoms. The molecule has 2 N–H and O–H groups in total. The molecular weight excluding hydrogens is 226 g/mol. The van der Waals surface area contributed by atoms with Gasteiger partial charge in [-0.3, -0.25) is 9.69 Å². The zero-order valence-electron chi connectivity index (χ0n) is 11.7. The third-order valence-electron chi connectivity index (χ3n) is 4.27. The normalized spacial score (nSPS) is 28.4. The highest BCUT2D eigenvalue weighted by Gasteiger charge is 2.29. The van der Waals surface area contributed by atoms with E-state index in [1.807, 2.05) is 0 Å². The Labute approximate surface area is 110 Å². The standard InChI is InChI=1S/C14H27N3O/c1-3-17(12-6-7-12)10-9-16-14(18)13-5-4-8-15-11(13)2/h11-13,15H,3-10H2,1-2H3,(H,16,18). The van der Waals surface area contributed by atoms with Crippen molar-refractivity contribution in [1.29, 1.82) is 0 Å². The predicted octanol–water partition coefficient (Wildman–Crippen LogP) is 0.975. The van der Waals surface area contributed by atoms with Crippen LogP contribution < -0.4 is 10.6 Å². The molecule has 104 valence electrons. The summed E-state index contributed by atoms with van der Waals surface area (Å²) in [6.07, 6.45) is 4.82. The molecule has 0 aromatic rings. The van der Waals surface area contributed by atoms with Crippen LogP contribution >= 0.6 is 0 Å². The van der Waals surface area contributed by atoms with Gasteiger partial charge in [0, 0.05) is 25.2 Å². The van der Waals surface area contributed by atoms with Crippen LogP contribution in [0.25, 0.3) is 0 Å². The SMILES string of the molecule is CCN(CCNC(=O)C1CCCNC1C)C1CC1. The molecule has 1 aliphatic heterocycles. The van der Waals surface area contributed by atoms with Gasteiger partial charge < -0.3 is 10.6 Å². The average molecular weight is 253 g/mol. The molecule has 0 aromatic carbocycles. The molecule has 1 heterocycles. The van der Waals surface area contributed by atoms with Crippen molar-refractivity contribution in [1.82, 2.24) is 15.5 Å². The van der Waals surface area contributed by atoms with E-state index < -0.39 is 0 Å². The Morgan fingerprint density at radius 2 is 2.17 bits per heavy atom. The Bertz CT molecular complexity index is 278. The molecule has 0 bridgehead atoms. The van der Waals surface area contributed by atoms with Crippen LogP contribution in [0.4, 0.5) is 0 Å². The zero-order chi connectivity index (χ0) is 13.0. The lowest BCUT2D eigenvalue weighted by Gasteiger charge is -2.29. The van der Waals surface area contributed by atoms with Crippen molar-refractivity contribution < 1.29 is 4.79 Å². The lowest BCUT2D eigenvalue weighted by molar-refractivity contribution is -0.126. The minimum absolute atomic E-state index is 0.162. The van der Waals surface area contributed by atoms with Crippen LogP contribution in [0.3, 0.4) is 0 Å². The van der Waals surface area contributed by atoms with Gasteiger partial charge in [0.1, 0.15) is 0 Å². The van der Waals surface area contributed by atoms with Gasteiger partial charge in [-0.05, 0) is 45.7 Å². The molecule has 1 aliphatic carbocycles. The van der Waals surface area contributed by atoms with Crippen molar-refractivity contribution in [3.05, 3.63) is 0 Å². The van der Waals surface area contributed by atoms with Crippen LogP contribution in [-0.2, 0) is 4.79 Å². The van der Waals surface area contributed by atoms with E-state index in [4.69, 9.17) is 0 Å². The van der Waals surface area contributed by atoms with Gasteiger partial charge in [-0.1, -0.05) is 6.92 Å². The van der Waals surface area contributed by atoms with Gasteiger partial charge in [0.2, 0.25) is 5.91 Å². The van der Waals surface area contributed by atoms with E-state index in [0.29, 0.717) is 6.04 Å². The maximum atomic E-state index is 12.1. The quantitative estimate of drug-likeness (QED) is 0.741. The van der Waals surface area contributed by atoms with Crippen LogP contribution in [0.5, 0.6) is 0 Å². The molecule has 0 radical (unpaired) electrons. The highest BCUT2D eigenvalue weighted by atomic mass is 16.1. The fourth-order valence-electron chi connectivity index (χ4n) is 2.89. The number of amides is 1. The first-order valence-corrected chi connectivity index (χ1v) is 7.47. The van der Waals surface area contributed by atoms with Gasteiger partial charge in [-0.15, -0.1) is 0 Å². The minimum Gasteiger partial charge on any atom is -0.355 e. The topological polar surface area (TPSA) is 44.4 Å². The maximum Gasteiger partial charge on any atom is 0.224 e. The Hall–Kier alpha value is -0.610. The number of nitrogens with zero attached hydrogens (tertiary/aromatic N) is 1. The van der Waals surface area contributed by atoms with E-state index in [0.717, 1.165) is 45.1 Å². The van der Waals surface area contributed by atoms with Crippen molar-refractivity contribution in [2.75, 3.05) is 26.2 Å². The number of carbonyl (C=O) groups excluding carboxylic acids is 1. The monoisotopic (exact) mass is 253 g/mol. The summed E-state index contributed by atoms with van der Waals surface area (Å²) in [6.45, 7) is 8.27. The molecule has 1 amide bonds. The molecular formula is C14H27N3O. The number of hydrogen-bond acceptors (Lipinski definition) is 3. The molecule has 4 heteroatoms. The van der Waals surface area contributed by atoms with E-state index in [-0.39, 0.29) is 11.8 Å². The van der Waals surface area contributed by atoms with Crippen molar-refractivity contribution >= 4 is 5.91 Å². The van der Waals surface area contributed by atoms with Crippen molar-refractivity contribution in [2.45, 2.75) is 51.6 Å². The average Bonchev–Trinajstić information content (AvgIpc) is 3.19. The van der Waals surface area contributed by atoms with Gasteiger partial charge in [0.15, 0.2) is 0 Å². The molecule has 4 nitrogen and oxygen atoms in total. The second kappa shape index (κ2) is 6.53. The summed E-state index contributed by atoms with van der Waals surface area (Å²) in [6, 6.07) is 1.12. The summed E-state index contributed by atoms with van der Waals surface area (Å²) in [5.41, 5.74) is 0. The highest BCUT2D eigenvalue weighted by molar-refractivity contribution is 5.79. The first kappa shape index (κ1) is 13.8. The predicted molar refractivity (Wildman–Crippen MR) is 73.5 cm³/mol. The number of likely N-dealkylation sites (N-methyl/N-ethyl adjacent to an activating group) is 1. The fraction of sp³-hybridized carbons (Fsp3) is 0.929. The largest absolute Gasteiger partial charge is 0.355 e. The second-order valence-corrected chi connectivity index (χ2v) is 5.64. The Morgan fingerprint density at radius 1 is 1.39 bits per heavy atom. The summed E-state index contributed by atoms with van der Waals surface area (Å²) in [5.74, 6) is 0.399. The van der Waals surface area contributed by atoms with E-state index in [9.17, 15) is 4.79 Å². The molecule has 0 spiro atoms. The molecule has 1 saturated heterocycles. The zero-order valence-corrected chi connectivity index (χ0v) is 11.7. The van der Waals surface area contributed by atoms with E-state index in [1.54, 1.807) is 0 Å². The van der Waals surface area contributed by atoms with Crippen LogP contribution in [0.1, 0.15) is 39.5 Å². The van der Waals surface area contributed by atoms with Gasteiger partial charge in [0.25, 0.3) is 0 Å². The van der Waals surface area contributed by atoms with E-state index in [2.05, 4.69) is 29.4 Å². The number of nitrogens with one attached hydrogen (secondary N) is 2. The molecule has 2 fully saturated rings. The Kier molecular flexibility index (Phi) is 5.01. The number of carbonyl (C=O) groups is 1. The van der Waals surface area contributed by atoms with Gasteiger partial charge in [-0.25, -0.2) is 0 Å². The molecule has 2 rings (SSSR count). The Morgan fingerprint density at radius 3 is 2.78 bits per heavy atom. The highest BCUT2D eigenvalue weighted by Crippen LogP contribution is 2.25. The first-order valence-electron chi connectivity index (χ1n) is 7.47. The van der Waals surface area contributed by atoms with Gasteiger partial charge >= 0.3 is 0 Å². The molecule has 1 saturated carbocycles. The van der Waals surface area contributed by atoms with Gasteiger partial charge in [0.05, 0.1) is 5.92 Å². The molecule has 0 aromatic heterocycles. The lowest BCUT2D eigenvalue weighted by atomic mass is 9.91. The summed E-state index contributed by atoms with van der Waals surface area (Å²) < 4.78 is 0. The van der Waals surface area contributed by atoms with Crippen LogP contribution in [0.15, 0.2) is 0 Å². The van der Waals surface area contributed by atoms with Crippen molar-refractivity contribution in [3.63, 3.8) is 0 Å². The van der Waals surface area contributed by atoms with Crippen molar-refractivity contribution in [3.8, 4) is 0 Å². The van der Waals surface area contributed by atoms with E-state index in [1.165, 1.54) is 12.8 Å². The maximum absolute atomic E-state index is 12.1. The van der Waals surface area contributed by atoms with Gasteiger partial charge in [-0.2, -0.15) is 0 Å². The van der Waals surface area contributed by atoms with E-state index >= 15 is 0 Å². The molecule has 2 atom stereocenters. The van der Waals surface area contributed by atoms with Crippen molar-refractivity contribution in [2.24, 2.45) is 5.92 Å². The third kappa shape index (κ3) is 3.69. The first-order chi connectivity index (χ1) is 8.72. The second-order valence-electron chi connectivity index (χ2n) is 5.64. The van der Waals surface area contributed by atoms with Crippen LogP contribution in [0, 0.1) is 5.92 Å². The number of piperidine rings is 1. The number of rotatable bonds is 6. The minimum atomic E-state index is 0.162. The summed E-state index contributed by atoms with van der Waals surface area (Å²) in [4.78, 5) is 14.6. The Balaban J connectivity index is 1.67. The fourth-order valence-corrected chi connectivity index (χ4v) is 2.89. The smallest absolute Gasteiger partial charge is 0.224 e. The number of hydrogen-bond donors (Lipinski definition) is 2. The summed E-state index contributed by atoms with van der Waals surface area (Å²) >= 11 is 0.